The molecule has 0 saturated heterocycles. The third kappa shape index (κ3) is 16.4. The van der Waals surface area contributed by atoms with Crippen LogP contribution < -0.4 is 0 Å². The third-order valence-corrected chi connectivity index (χ3v) is 9.41. The molecule has 63 heavy (non-hydrogen) atoms. The maximum atomic E-state index is 2.43. The van der Waals surface area contributed by atoms with Gasteiger partial charge >= 0.3 is 0 Å². The van der Waals surface area contributed by atoms with E-state index in [0.29, 0.717) is 0 Å². The highest BCUT2D eigenvalue weighted by atomic mass is 14.3. The van der Waals surface area contributed by atoms with E-state index in [1.54, 1.807) is 0 Å². The summed E-state index contributed by atoms with van der Waals surface area (Å²) in [6, 6.07) is 45.0. The molecule has 0 nitrogen and oxygen atoms in total. The molecule has 10 rings (SSSR count). The first-order chi connectivity index (χ1) is 31.0. The minimum absolute atomic E-state index is 1.08. The molecule has 0 radical (unpaired) electrons. The molecule has 4 aliphatic carbocycles. The lowest BCUT2D eigenvalue weighted by Crippen LogP contribution is -1.85. The first kappa shape index (κ1) is 60.4. The van der Waals surface area contributed by atoms with Crippen LogP contribution in [-0.4, -0.2) is 0 Å². The molecular weight excluding hydrogens is 757 g/mol. The Morgan fingerprint density at radius 2 is 0.365 bits per heavy atom. The number of fused-ring (bicyclic) bond motifs is 12. The van der Waals surface area contributed by atoms with E-state index in [0.717, 1.165) is 25.7 Å². The minimum Gasteiger partial charge on any atom is -0.0683 e. The van der Waals surface area contributed by atoms with Gasteiger partial charge in [-0.15, -0.1) is 0 Å². The van der Waals surface area contributed by atoms with E-state index in [2.05, 4.69) is 163 Å². The van der Waals surface area contributed by atoms with Crippen LogP contribution in [0.2, 0.25) is 0 Å². The summed E-state index contributed by atoms with van der Waals surface area (Å²) in [4.78, 5) is 0. The molecule has 0 aromatic heterocycles. The summed E-state index contributed by atoms with van der Waals surface area (Å²) < 4.78 is 0. The van der Waals surface area contributed by atoms with E-state index >= 15 is 0 Å². The SMILES string of the molecule is CC.CC.CC.CC.CC.CC.CC.CCC.CCC.CCC.c1ccc2c(c1)Cc1cc3c(cc1-2)Cc1ccccc1-3.c1ccc2c(c1)Cc1cc3c(cc1-2)Cc1ccccc1-3. The zero-order chi connectivity index (χ0) is 48.3. The van der Waals surface area contributed by atoms with Crippen molar-refractivity contribution >= 4 is 0 Å². The maximum Gasteiger partial charge on any atom is -0.00132 e. The van der Waals surface area contributed by atoms with Gasteiger partial charge in [0, 0.05) is 0 Å². The lowest BCUT2D eigenvalue weighted by atomic mass is 9.98. The summed E-state index contributed by atoms with van der Waals surface area (Å²) in [6.07, 6.45) is 8.09. The van der Waals surface area contributed by atoms with Gasteiger partial charge in [0.2, 0.25) is 0 Å². The number of rotatable bonds is 0. The summed E-state index contributed by atoms with van der Waals surface area (Å²) in [5.41, 5.74) is 23.4. The molecule has 4 aliphatic rings. The van der Waals surface area contributed by atoms with Crippen LogP contribution in [0.3, 0.4) is 0 Å². The predicted molar refractivity (Wildman–Crippen MR) is 293 cm³/mol. The van der Waals surface area contributed by atoms with Crippen molar-refractivity contribution in [3.8, 4) is 44.5 Å². The Bertz CT molecular complexity index is 1760. The third-order valence-electron chi connectivity index (χ3n) is 9.41. The van der Waals surface area contributed by atoms with Gasteiger partial charge < -0.3 is 0 Å². The van der Waals surface area contributed by atoms with E-state index in [9.17, 15) is 0 Å². The molecule has 0 amide bonds. The van der Waals surface area contributed by atoms with Gasteiger partial charge in [-0.25, -0.2) is 0 Å². The molecule has 0 bridgehead atoms. The highest BCUT2D eigenvalue weighted by Gasteiger charge is 2.26. The van der Waals surface area contributed by atoms with Crippen LogP contribution in [0.5, 0.6) is 0 Å². The van der Waals surface area contributed by atoms with Crippen molar-refractivity contribution in [3.05, 3.63) is 166 Å². The predicted octanol–water partition coefficient (Wildman–Crippen LogP) is 21.1. The van der Waals surface area contributed by atoms with Gasteiger partial charge in [-0.1, -0.05) is 255 Å². The van der Waals surface area contributed by atoms with Crippen LogP contribution >= 0.6 is 0 Å². The minimum atomic E-state index is 1.08. The van der Waals surface area contributed by atoms with Gasteiger partial charge in [-0.2, -0.15) is 0 Å². The van der Waals surface area contributed by atoms with Gasteiger partial charge in [0.05, 0.1) is 0 Å². The highest BCUT2D eigenvalue weighted by Crippen LogP contribution is 2.46. The Labute approximate surface area is 392 Å². The van der Waals surface area contributed by atoms with Crippen LogP contribution in [0.1, 0.15) is 202 Å². The lowest BCUT2D eigenvalue weighted by molar-refractivity contribution is 1.09. The summed E-state index contributed by atoms with van der Waals surface area (Å²) in [7, 11) is 0. The molecule has 6 aromatic rings. The molecule has 0 atom stereocenters. The van der Waals surface area contributed by atoms with Crippen molar-refractivity contribution in [1.29, 1.82) is 0 Å². The van der Waals surface area contributed by atoms with Crippen LogP contribution in [-0.2, 0) is 25.7 Å². The molecule has 0 fully saturated rings. The van der Waals surface area contributed by atoms with E-state index in [-0.39, 0.29) is 0 Å². The Hall–Kier alpha value is -4.68. The van der Waals surface area contributed by atoms with Gasteiger partial charge in [-0.05, 0) is 139 Å². The Kier molecular flexibility index (Phi) is 35.3. The van der Waals surface area contributed by atoms with Crippen LogP contribution in [0.25, 0.3) is 44.5 Å². The lowest BCUT2D eigenvalue weighted by Gasteiger charge is -2.06. The summed E-state index contributed by atoms with van der Waals surface area (Å²) in [5, 5.41) is 0. The topological polar surface area (TPSA) is 0 Å². The van der Waals surface area contributed by atoms with Gasteiger partial charge in [0.25, 0.3) is 0 Å². The van der Waals surface area contributed by atoms with Crippen LogP contribution in [0.15, 0.2) is 121 Å². The summed E-state index contributed by atoms with van der Waals surface area (Å²) in [6.45, 7) is 40.8. The molecule has 0 spiro atoms. The average molecular weight is 851 g/mol. The molecule has 0 N–H and O–H groups in total. The van der Waals surface area contributed by atoms with Crippen molar-refractivity contribution in [2.45, 2.75) is 183 Å². The molecule has 6 aromatic carbocycles. The van der Waals surface area contributed by atoms with E-state index in [4.69, 9.17) is 0 Å². The largest absolute Gasteiger partial charge is 0.0683 e. The first-order valence-corrected chi connectivity index (χ1v) is 25.7. The maximum absolute atomic E-state index is 2.43. The summed E-state index contributed by atoms with van der Waals surface area (Å²) in [5.74, 6) is 0. The second-order valence-corrected chi connectivity index (χ2v) is 13.8. The quantitative estimate of drug-likeness (QED) is 0.143. The summed E-state index contributed by atoms with van der Waals surface area (Å²) >= 11 is 0. The van der Waals surface area contributed by atoms with Crippen molar-refractivity contribution < 1.29 is 0 Å². The van der Waals surface area contributed by atoms with Crippen molar-refractivity contribution in [2.24, 2.45) is 0 Å². The smallest absolute Gasteiger partial charge is 0.00132 e. The van der Waals surface area contributed by atoms with Crippen molar-refractivity contribution in [3.63, 3.8) is 0 Å². The fourth-order valence-corrected chi connectivity index (χ4v) is 7.54. The monoisotopic (exact) mass is 851 g/mol. The molecule has 346 valence electrons. The molecule has 0 unspecified atom stereocenters. The number of benzene rings is 6. The zero-order valence-electron chi connectivity index (χ0n) is 44.5. The fourth-order valence-electron chi connectivity index (χ4n) is 7.54. The zero-order valence-corrected chi connectivity index (χ0v) is 44.5. The van der Waals surface area contributed by atoms with Crippen molar-refractivity contribution in [2.75, 3.05) is 0 Å². The number of hydrogen-bond donors (Lipinski definition) is 0. The second kappa shape index (κ2) is 36.8. The van der Waals surface area contributed by atoms with E-state index in [1.165, 1.54) is 108 Å². The Balaban J connectivity index is 0. The van der Waals surface area contributed by atoms with E-state index in [1.807, 2.05) is 96.9 Å². The normalized spacial score (nSPS) is 10.2. The van der Waals surface area contributed by atoms with Crippen LogP contribution in [0, 0.1) is 0 Å². The van der Waals surface area contributed by atoms with Gasteiger partial charge in [0.15, 0.2) is 0 Å². The van der Waals surface area contributed by atoms with Gasteiger partial charge in [0.1, 0.15) is 0 Å². The Morgan fingerprint density at radius 1 is 0.222 bits per heavy atom. The molecule has 0 aliphatic heterocycles. The second-order valence-electron chi connectivity index (χ2n) is 13.8. The Morgan fingerprint density at radius 3 is 0.524 bits per heavy atom. The molecular formula is C63H94. The molecule has 0 saturated carbocycles. The average Bonchev–Trinajstić information content (AvgIpc) is 4.12. The standard InChI is InChI=1S/2C20H14.3C3H8.7C2H6/c2*1-3-7-17-13(5-1)9-15-11-20-16(12-19(15)17)10-14-6-2-4-8-18(14)20;3*1-3-2;7*1-2/h2*1-8,11-12H,9-10H2;3*3H2,1-2H3;7*1-2H3. The molecule has 0 heteroatoms. The molecule has 0 heterocycles. The fraction of sp³-hybridized carbons (Fsp3) is 0.429. The van der Waals surface area contributed by atoms with Crippen LogP contribution in [0.4, 0.5) is 0 Å². The van der Waals surface area contributed by atoms with Gasteiger partial charge in [-0.3, -0.25) is 0 Å². The number of hydrogen-bond acceptors (Lipinski definition) is 0. The van der Waals surface area contributed by atoms with E-state index < -0.39 is 0 Å². The first-order valence-electron chi connectivity index (χ1n) is 25.7. The highest BCUT2D eigenvalue weighted by molar-refractivity contribution is 5.86. The van der Waals surface area contributed by atoms with Crippen molar-refractivity contribution in [1.82, 2.24) is 0 Å².